The molecule has 4 nitrogen and oxygen atoms in total. The van der Waals surface area contributed by atoms with Gasteiger partial charge in [0.05, 0.1) is 11.1 Å². The molecule has 0 saturated heterocycles. The van der Waals surface area contributed by atoms with Crippen molar-refractivity contribution in [3.8, 4) is 17.6 Å². The van der Waals surface area contributed by atoms with Gasteiger partial charge in [-0.05, 0) is 30.7 Å². The molecule has 0 saturated carbocycles. The van der Waals surface area contributed by atoms with E-state index >= 15 is 0 Å². The third kappa shape index (κ3) is 2.55. The SMILES string of the molecule is Cc1cccc(C#N)c1Oc1ccccc1C(N)=O. The van der Waals surface area contributed by atoms with Crippen LogP contribution in [0, 0.1) is 18.3 Å². The van der Waals surface area contributed by atoms with Gasteiger partial charge in [0.25, 0.3) is 5.91 Å². The molecule has 0 radical (unpaired) electrons. The van der Waals surface area contributed by atoms with E-state index < -0.39 is 5.91 Å². The third-order valence-electron chi connectivity index (χ3n) is 2.70. The summed E-state index contributed by atoms with van der Waals surface area (Å²) in [4.78, 5) is 11.3. The van der Waals surface area contributed by atoms with E-state index in [-0.39, 0.29) is 5.56 Å². The Morgan fingerprint density at radius 1 is 1.21 bits per heavy atom. The first-order valence-electron chi connectivity index (χ1n) is 5.70. The third-order valence-corrected chi connectivity index (χ3v) is 2.70. The lowest BCUT2D eigenvalue weighted by Crippen LogP contribution is -2.12. The minimum Gasteiger partial charge on any atom is -0.455 e. The minimum absolute atomic E-state index is 0.287. The van der Waals surface area contributed by atoms with E-state index in [1.54, 1.807) is 36.4 Å². The average molecular weight is 252 g/mol. The van der Waals surface area contributed by atoms with Crippen molar-refractivity contribution >= 4 is 5.91 Å². The van der Waals surface area contributed by atoms with Gasteiger partial charge < -0.3 is 10.5 Å². The number of hydrogen-bond donors (Lipinski definition) is 1. The van der Waals surface area contributed by atoms with Gasteiger partial charge in [0, 0.05) is 0 Å². The lowest BCUT2D eigenvalue weighted by molar-refractivity contribution is 0.0998. The first-order chi connectivity index (χ1) is 9.13. The number of benzene rings is 2. The fraction of sp³-hybridized carbons (Fsp3) is 0.0667. The summed E-state index contributed by atoms with van der Waals surface area (Å²) in [7, 11) is 0. The molecule has 0 atom stereocenters. The Hall–Kier alpha value is -2.80. The number of primary amides is 1. The van der Waals surface area contributed by atoms with Gasteiger partial charge >= 0.3 is 0 Å². The highest BCUT2D eigenvalue weighted by atomic mass is 16.5. The molecule has 0 aromatic heterocycles. The fourth-order valence-electron chi connectivity index (χ4n) is 1.75. The standard InChI is InChI=1S/C15H12N2O2/c1-10-5-4-6-11(9-16)14(10)19-13-8-3-2-7-12(13)15(17)18/h2-8H,1H3,(H2,17,18). The molecule has 0 spiro atoms. The summed E-state index contributed by atoms with van der Waals surface area (Å²) in [5.74, 6) is 0.224. The number of nitriles is 1. The van der Waals surface area contributed by atoms with Crippen molar-refractivity contribution in [2.24, 2.45) is 5.73 Å². The molecule has 2 aromatic rings. The van der Waals surface area contributed by atoms with Crippen LogP contribution < -0.4 is 10.5 Å². The van der Waals surface area contributed by atoms with Crippen LogP contribution in [0.3, 0.4) is 0 Å². The van der Waals surface area contributed by atoms with E-state index in [0.717, 1.165) is 5.56 Å². The normalized spacial score (nSPS) is 9.68. The first-order valence-corrected chi connectivity index (χ1v) is 5.70. The van der Waals surface area contributed by atoms with Crippen LogP contribution >= 0.6 is 0 Å². The fourth-order valence-corrected chi connectivity index (χ4v) is 1.75. The summed E-state index contributed by atoms with van der Waals surface area (Å²) >= 11 is 0. The van der Waals surface area contributed by atoms with Crippen LogP contribution in [0.15, 0.2) is 42.5 Å². The molecular formula is C15H12N2O2. The molecule has 2 rings (SSSR count). The van der Waals surface area contributed by atoms with E-state index in [0.29, 0.717) is 17.1 Å². The van der Waals surface area contributed by atoms with Crippen molar-refractivity contribution < 1.29 is 9.53 Å². The van der Waals surface area contributed by atoms with Crippen LogP contribution in [-0.4, -0.2) is 5.91 Å². The maximum absolute atomic E-state index is 11.3. The monoisotopic (exact) mass is 252 g/mol. The highest BCUT2D eigenvalue weighted by Gasteiger charge is 2.13. The zero-order valence-corrected chi connectivity index (χ0v) is 10.4. The van der Waals surface area contributed by atoms with Crippen molar-refractivity contribution in [3.05, 3.63) is 59.2 Å². The van der Waals surface area contributed by atoms with Crippen LogP contribution in [0.5, 0.6) is 11.5 Å². The van der Waals surface area contributed by atoms with Gasteiger partial charge in [0.15, 0.2) is 0 Å². The van der Waals surface area contributed by atoms with Crippen LogP contribution in [-0.2, 0) is 0 Å². The Labute approximate surface area is 111 Å². The maximum Gasteiger partial charge on any atom is 0.252 e. The molecule has 19 heavy (non-hydrogen) atoms. The quantitative estimate of drug-likeness (QED) is 0.912. The zero-order chi connectivity index (χ0) is 13.8. The van der Waals surface area contributed by atoms with Crippen LogP contribution in [0.25, 0.3) is 0 Å². The topological polar surface area (TPSA) is 76.1 Å². The number of ether oxygens (including phenoxy) is 1. The molecule has 0 aliphatic rings. The van der Waals surface area contributed by atoms with E-state index in [1.165, 1.54) is 0 Å². The van der Waals surface area contributed by atoms with E-state index in [4.69, 9.17) is 15.7 Å². The molecule has 0 unspecified atom stereocenters. The van der Waals surface area contributed by atoms with Crippen LogP contribution in [0.4, 0.5) is 0 Å². The molecule has 0 fully saturated rings. The first kappa shape index (κ1) is 12.7. The molecule has 0 aliphatic carbocycles. The second kappa shape index (κ2) is 5.23. The van der Waals surface area contributed by atoms with Gasteiger partial charge in [-0.1, -0.05) is 24.3 Å². The summed E-state index contributed by atoms with van der Waals surface area (Å²) in [6.45, 7) is 1.84. The highest BCUT2D eigenvalue weighted by Crippen LogP contribution is 2.30. The minimum atomic E-state index is -0.567. The van der Waals surface area contributed by atoms with Crippen LogP contribution in [0.2, 0.25) is 0 Å². The zero-order valence-electron chi connectivity index (χ0n) is 10.4. The summed E-state index contributed by atoms with van der Waals surface area (Å²) in [5, 5.41) is 9.08. The number of rotatable bonds is 3. The Kier molecular flexibility index (Phi) is 3.48. The van der Waals surface area contributed by atoms with Gasteiger partial charge in [-0.15, -0.1) is 0 Å². The van der Waals surface area contributed by atoms with Gasteiger partial charge in [-0.25, -0.2) is 0 Å². The van der Waals surface area contributed by atoms with Crippen molar-refractivity contribution in [2.45, 2.75) is 6.92 Å². The molecule has 1 amide bonds. The molecule has 2 aromatic carbocycles. The molecule has 0 aliphatic heterocycles. The predicted molar refractivity (Wildman–Crippen MR) is 70.9 cm³/mol. The Morgan fingerprint density at radius 2 is 1.95 bits per heavy atom. The molecular weight excluding hydrogens is 240 g/mol. The number of nitrogens with two attached hydrogens (primary N) is 1. The Balaban J connectivity index is 2.49. The summed E-state index contributed by atoms with van der Waals surface area (Å²) in [6.07, 6.45) is 0. The van der Waals surface area contributed by atoms with Crippen LogP contribution in [0.1, 0.15) is 21.5 Å². The van der Waals surface area contributed by atoms with E-state index in [1.807, 2.05) is 13.0 Å². The molecule has 0 heterocycles. The molecule has 4 heteroatoms. The van der Waals surface area contributed by atoms with Crippen molar-refractivity contribution in [2.75, 3.05) is 0 Å². The van der Waals surface area contributed by atoms with E-state index in [9.17, 15) is 4.79 Å². The lowest BCUT2D eigenvalue weighted by Gasteiger charge is -2.12. The van der Waals surface area contributed by atoms with Crippen molar-refractivity contribution in [1.29, 1.82) is 5.26 Å². The number of para-hydroxylation sites is 2. The Morgan fingerprint density at radius 3 is 2.63 bits per heavy atom. The number of hydrogen-bond acceptors (Lipinski definition) is 3. The summed E-state index contributed by atoms with van der Waals surface area (Å²) in [6, 6.07) is 14.0. The number of carbonyl (C=O) groups is 1. The van der Waals surface area contributed by atoms with E-state index in [2.05, 4.69) is 6.07 Å². The summed E-state index contributed by atoms with van der Waals surface area (Å²) < 4.78 is 5.70. The molecule has 2 N–H and O–H groups in total. The predicted octanol–water partition coefficient (Wildman–Crippen LogP) is 2.76. The van der Waals surface area contributed by atoms with Gasteiger partial charge in [-0.3, -0.25) is 4.79 Å². The average Bonchev–Trinajstić information content (AvgIpc) is 2.41. The van der Waals surface area contributed by atoms with Crippen molar-refractivity contribution in [3.63, 3.8) is 0 Å². The second-order valence-corrected chi connectivity index (χ2v) is 4.03. The lowest BCUT2D eigenvalue weighted by atomic mass is 10.1. The van der Waals surface area contributed by atoms with Gasteiger partial charge in [0.1, 0.15) is 17.6 Å². The van der Waals surface area contributed by atoms with Gasteiger partial charge in [0.2, 0.25) is 0 Å². The van der Waals surface area contributed by atoms with Crippen molar-refractivity contribution in [1.82, 2.24) is 0 Å². The maximum atomic E-state index is 11.3. The number of carbonyl (C=O) groups excluding carboxylic acids is 1. The molecule has 94 valence electrons. The van der Waals surface area contributed by atoms with Gasteiger partial charge in [-0.2, -0.15) is 5.26 Å². The number of amides is 1. The number of aryl methyl sites for hydroxylation is 1. The summed E-state index contributed by atoms with van der Waals surface area (Å²) in [5.41, 5.74) is 6.81. The smallest absolute Gasteiger partial charge is 0.252 e. The molecule has 0 bridgehead atoms. The second-order valence-electron chi connectivity index (χ2n) is 4.03. The highest BCUT2D eigenvalue weighted by molar-refractivity contribution is 5.95. The largest absolute Gasteiger partial charge is 0.455 e. The number of nitrogens with zero attached hydrogens (tertiary/aromatic N) is 1. The Bertz CT molecular complexity index is 672.